The Hall–Kier alpha value is -1.74. The predicted molar refractivity (Wildman–Crippen MR) is 76.2 cm³/mol. The van der Waals surface area contributed by atoms with Gasteiger partial charge in [0.05, 0.1) is 6.26 Å². The Morgan fingerprint density at radius 3 is 2.84 bits per heavy atom. The van der Waals surface area contributed by atoms with Gasteiger partial charge >= 0.3 is 0 Å². The topological polar surface area (TPSA) is 45.4 Å². The fourth-order valence-electron chi connectivity index (χ4n) is 2.06. The van der Waals surface area contributed by atoms with Gasteiger partial charge in [-0.25, -0.2) is 0 Å². The van der Waals surface area contributed by atoms with E-state index < -0.39 is 0 Å². The molecule has 0 spiro atoms. The second kappa shape index (κ2) is 6.43. The lowest BCUT2D eigenvalue weighted by Gasteiger charge is -2.14. The first-order valence-corrected chi connectivity index (χ1v) is 6.70. The zero-order valence-corrected chi connectivity index (χ0v) is 11.5. The number of aryl methyl sites for hydroxylation is 2. The summed E-state index contributed by atoms with van der Waals surface area (Å²) >= 11 is 0. The lowest BCUT2D eigenvalue weighted by molar-refractivity contribution is 0.442. The number of hydrogen-bond acceptors (Lipinski definition) is 3. The molecule has 19 heavy (non-hydrogen) atoms. The summed E-state index contributed by atoms with van der Waals surface area (Å²) in [7, 11) is 0. The number of phenols is 1. The van der Waals surface area contributed by atoms with Crippen molar-refractivity contribution in [1.82, 2.24) is 5.32 Å². The van der Waals surface area contributed by atoms with Crippen LogP contribution in [0.5, 0.6) is 5.75 Å². The van der Waals surface area contributed by atoms with Crippen molar-refractivity contribution in [1.29, 1.82) is 0 Å². The van der Waals surface area contributed by atoms with Gasteiger partial charge in [0.1, 0.15) is 11.5 Å². The highest BCUT2D eigenvalue weighted by Crippen LogP contribution is 2.21. The van der Waals surface area contributed by atoms with E-state index in [1.807, 2.05) is 37.3 Å². The molecule has 102 valence electrons. The molecular weight excluding hydrogens is 238 g/mol. The average Bonchev–Trinajstić information content (AvgIpc) is 2.91. The zero-order chi connectivity index (χ0) is 13.7. The van der Waals surface area contributed by atoms with Crippen LogP contribution < -0.4 is 5.32 Å². The van der Waals surface area contributed by atoms with Crippen LogP contribution in [0.25, 0.3) is 0 Å². The molecule has 0 bridgehead atoms. The summed E-state index contributed by atoms with van der Waals surface area (Å²) in [6.07, 6.45) is 3.65. The highest BCUT2D eigenvalue weighted by atomic mass is 16.3. The van der Waals surface area contributed by atoms with Crippen molar-refractivity contribution < 1.29 is 9.52 Å². The van der Waals surface area contributed by atoms with Crippen molar-refractivity contribution in [3.05, 3.63) is 53.5 Å². The molecule has 0 aliphatic heterocycles. The lowest BCUT2D eigenvalue weighted by atomic mass is 10.1. The van der Waals surface area contributed by atoms with E-state index in [9.17, 15) is 5.11 Å². The number of furan rings is 1. The molecule has 1 atom stereocenters. The maximum absolute atomic E-state index is 9.94. The van der Waals surface area contributed by atoms with Crippen molar-refractivity contribution in [3.8, 4) is 5.75 Å². The van der Waals surface area contributed by atoms with E-state index in [4.69, 9.17) is 4.42 Å². The molecule has 0 fully saturated rings. The molecule has 0 saturated carbocycles. The van der Waals surface area contributed by atoms with E-state index in [0.29, 0.717) is 18.3 Å². The SMILES string of the molecule is Cc1cccc(CNC(C)CCc2ccco2)c1O. The summed E-state index contributed by atoms with van der Waals surface area (Å²) in [6, 6.07) is 10.1. The molecule has 0 saturated heterocycles. The van der Waals surface area contributed by atoms with E-state index in [1.165, 1.54) is 0 Å². The predicted octanol–water partition coefficient (Wildman–Crippen LogP) is 3.40. The van der Waals surface area contributed by atoms with Crippen LogP contribution in [-0.2, 0) is 13.0 Å². The first kappa shape index (κ1) is 13.7. The fourth-order valence-corrected chi connectivity index (χ4v) is 2.06. The molecule has 1 aromatic carbocycles. The molecule has 0 aliphatic rings. The minimum absolute atomic E-state index is 0.380. The molecule has 1 unspecified atom stereocenters. The normalized spacial score (nSPS) is 12.5. The van der Waals surface area contributed by atoms with Crippen LogP contribution in [0.3, 0.4) is 0 Å². The highest BCUT2D eigenvalue weighted by Gasteiger charge is 2.07. The molecule has 0 aliphatic carbocycles. The Kier molecular flexibility index (Phi) is 4.63. The van der Waals surface area contributed by atoms with Gasteiger partial charge in [-0.1, -0.05) is 18.2 Å². The van der Waals surface area contributed by atoms with Gasteiger partial charge in [-0.05, 0) is 38.0 Å². The summed E-state index contributed by atoms with van der Waals surface area (Å²) in [6.45, 7) is 4.75. The summed E-state index contributed by atoms with van der Waals surface area (Å²) in [4.78, 5) is 0. The smallest absolute Gasteiger partial charge is 0.122 e. The van der Waals surface area contributed by atoms with Gasteiger partial charge in [0.25, 0.3) is 0 Å². The summed E-state index contributed by atoms with van der Waals surface area (Å²) in [5.41, 5.74) is 1.87. The Labute approximate surface area is 114 Å². The second-order valence-corrected chi connectivity index (χ2v) is 4.98. The molecule has 2 N–H and O–H groups in total. The highest BCUT2D eigenvalue weighted by molar-refractivity contribution is 5.39. The second-order valence-electron chi connectivity index (χ2n) is 4.98. The van der Waals surface area contributed by atoms with Gasteiger partial charge < -0.3 is 14.8 Å². The van der Waals surface area contributed by atoms with Crippen LogP contribution in [0.4, 0.5) is 0 Å². The van der Waals surface area contributed by atoms with E-state index in [0.717, 1.165) is 29.7 Å². The minimum atomic E-state index is 0.380. The number of aromatic hydroxyl groups is 1. The van der Waals surface area contributed by atoms with Gasteiger partial charge in [-0.2, -0.15) is 0 Å². The van der Waals surface area contributed by atoms with E-state index in [2.05, 4.69) is 12.2 Å². The van der Waals surface area contributed by atoms with Gasteiger partial charge in [0.2, 0.25) is 0 Å². The van der Waals surface area contributed by atoms with Crippen LogP contribution >= 0.6 is 0 Å². The van der Waals surface area contributed by atoms with Gasteiger partial charge in [0.15, 0.2) is 0 Å². The molecule has 1 heterocycles. The number of phenolic OH excluding ortho intramolecular Hbond substituents is 1. The quantitative estimate of drug-likeness (QED) is 0.835. The van der Waals surface area contributed by atoms with Crippen molar-refractivity contribution in [2.75, 3.05) is 0 Å². The molecule has 1 aromatic heterocycles. The third-order valence-electron chi connectivity index (χ3n) is 3.37. The van der Waals surface area contributed by atoms with Crippen LogP contribution in [0.15, 0.2) is 41.0 Å². The van der Waals surface area contributed by atoms with Gasteiger partial charge in [0, 0.05) is 24.6 Å². The molecule has 3 heteroatoms. The van der Waals surface area contributed by atoms with Crippen LogP contribution in [-0.4, -0.2) is 11.1 Å². The van der Waals surface area contributed by atoms with Crippen LogP contribution in [0.2, 0.25) is 0 Å². The minimum Gasteiger partial charge on any atom is -0.507 e. The third kappa shape index (κ3) is 3.86. The number of para-hydroxylation sites is 1. The molecule has 0 radical (unpaired) electrons. The van der Waals surface area contributed by atoms with Crippen molar-refractivity contribution in [3.63, 3.8) is 0 Å². The Bertz CT molecular complexity index is 505. The maximum Gasteiger partial charge on any atom is 0.122 e. The largest absolute Gasteiger partial charge is 0.507 e. The fraction of sp³-hybridized carbons (Fsp3) is 0.375. The monoisotopic (exact) mass is 259 g/mol. The summed E-state index contributed by atoms with van der Waals surface area (Å²) in [5.74, 6) is 1.42. The first-order valence-electron chi connectivity index (χ1n) is 6.70. The zero-order valence-electron chi connectivity index (χ0n) is 11.5. The average molecular weight is 259 g/mol. The van der Waals surface area contributed by atoms with Crippen LogP contribution in [0.1, 0.15) is 30.2 Å². The van der Waals surface area contributed by atoms with E-state index >= 15 is 0 Å². The lowest BCUT2D eigenvalue weighted by Crippen LogP contribution is -2.26. The molecule has 3 nitrogen and oxygen atoms in total. The Morgan fingerprint density at radius 1 is 1.26 bits per heavy atom. The van der Waals surface area contributed by atoms with Crippen molar-refractivity contribution in [2.45, 2.75) is 39.3 Å². The van der Waals surface area contributed by atoms with Gasteiger partial charge in [-0.15, -0.1) is 0 Å². The molecule has 0 amide bonds. The Morgan fingerprint density at radius 2 is 2.11 bits per heavy atom. The molecule has 2 rings (SSSR count). The summed E-state index contributed by atoms with van der Waals surface area (Å²) < 4.78 is 5.31. The van der Waals surface area contributed by atoms with Crippen molar-refractivity contribution in [2.24, 2.45) is 0 Å². The van der Waals surface area contributed by atoms with Crippen molar-refractivity contribution >= 4 is 0 Å². The van der Waals surface area contributed by atoms with Gasteiger partial charge in [-0.3, -0.25) is 0 Å². The number of hydrogen-bond donors (Lipinski definition) is 2. The maximum atomic E-state index is 9.94. The third-order valence-corrected chi connectivity index (χ3v) is 3.37. The summed E-state index contributed by atoms with van der Waals surface area (Å²) in [5, 5.41) is 13.4. The molecular formula is C16H21NO2. The molecule has 2 aromatic rings. The number of nitrogens with one attached hydrogen (secondary N) is 1. The van der Waals surface area contributed by atoms with E-state index in [-0.39, 0.29) is 0 Å². The number of benzene rings is 1. The van der Waals surface area contributed by atoms with Crippen LogP contribution in [0, 0.1) is 6.92 Å². The Balaban J connectivity index is 1.80. The first-order chi connectivity index (χ1) is 9.16. The number of rotatable bonds is 6. The van der Waals surface area contributed by atoms with E-state index in [1.54, 1.807) is 6.26 Å². The standard InChI is InChI=1S/C16H21NO2/c1-12-5-3-6-14(16(12)18)11-17-13(2)8-9-15-7-4-10-19-15/h3-7,10,13,17-18H,8-9,11H2,1-2H3.